The van der Waals surface area contributed by atoms with E-state index in [1.54, 1.807) is 26.0 Å². The van der Waals surface area contributed by atoms with Gasteiger partial charge in [0.1, 0.15) is 18.7 Å². The number of aliphatic hydroxyl groups excluding tert-OH is 1. The summed E-state index contributed by atoms with van der Waals surface area (Å²) in [5, 5.41) is 15.1. The Balaban J connectivity index is 2.00. The van der Waals surface area contributed by atoms with Crippen LogP contribution in [0.5, 0.6) is 0 Å². The molecule has 4 amide bonds. The molecule has 0 fully saturated rings. The highest BCUT2D eigenvalue weighted by Crippen LogP contribution is 2.19. The summed E-state index contributed by atoms with van der Waals surface area (Å²) in [7, 11) is 1.17. The fraction of sp³-hybridized carbons (Fsp3) is 0.500. The first-order valence-electron chi connectivity index (χ1n) is 15.6. The minimum Gasteiger partial charge on any atom is -0.467 e. The van der Waals surface area contributed by atoms with Crippen LogP contribution >= 0.6 is 0 Å². The molecule has 0 radical (unpaired) electrons. The minimum atomic E-state index is -1.43. The number of imide groups is 1. The Morgan fingerprint density at radius 2 is 1.50 bits per heavy atom. The molecule has 0 saturated carbocycles. The Morgan fingerprint density at radius 1 is 0.891 bits per heavy atom. The van der Waals surface area contributed by atoms with Crippen molar-refractivity contribution in [3.05, 3.63) is 71.8 Å². The van der Waals surface area contributed by atoms with E-state index >= 15 is 0 Å². The van der Waals surface area contributed by atoms with Crippen LogP contribution in [0.4, 0.5) is 4.79 Å². The lowest BCUT2D eigenvalue weighted by Crippen LogP contribution is -2.59. The smallest absolute Gasteiger partial charge is 0.408 e. The predicted molar refractivity (Wildman–Crippen MR) is 172 cm³/mol. The zero-order valence-corrected chi connectivity index (χ0v) is 27.1. The van der Waals surface area contributed by atoms with Gasteiger partial charge in [-0.3, -0.25) is 19.3 Å². The van der Waals surface area contributed by atoms with Gasteiger partial charge in [0, 0.05) is 25.5 Å². The number of methoxy groups -OCH3 is 1. The van der Waals surface area contributed by atoms with Gasteiger partial charge in [-0.15, -0.1) is 0 Å². The van der Waals surface area contributed by atoms with Gasteiger partial charge < -0.3 is 30.9 Å². The van der Waals surface area contributed by atoms with Crippen LogP contribution in [0.2, 0.25) is 0 Å². The average molecular weight is 641 g/mol. The van der Waals surface area contributed by atoms with Crippen molar-refractivity contribution in [1.29, 1.82) is 0 Å². The number of alkyl carbamates (subject to hydrolysis) is 1. The summed E-state index contributed by atoms with van der Waals surface area (Å²) >= 11 is 0. The second-order valence-electron chi connectivity index (χ2n) is 11.5. The van der Waals surface area contributed by atoms with Gasteiger partial charge in [0.25, 0.3) is 0 Å². The number of benzene rings is 2. The van der Waals surface area contributed by atoms with Gasteiger partial charge in [0.2, 0.25) is 17.7 Å². The van der Waals surface area contributed by atoms with Gasteiger partial charge in [-0.25, -0.2) is 9.59 Å². The van der Waals surface area contributed by atoms with E-state index in [0.29, 0.717) is 6.42 Å². The second-order valence-corrected chi connectivity index (χ2v) is 11.5. The zero-order chi connectivity index (χ0) is 34.1. The van der Waals surface area contributed by atoms with Crippen molar-refractivity contribution in [3.63, 3.8) is 0 Å². The van der Waals surface area contributed by atoms with Crippen molar-refractivity contribution in [1.82, 2.24) is 15.5 Å². The highest BCUT2D eigenvalue weighted by molar-refractivity contribution is 6.01. The van der Waals surface area contributed by atoms with Crippen molar-refractivity contribution in [2.24, 2.45) is 17.6 Å². The van der Waals surface area contributed by atoms with Crippen LogP contribution in [0, 0.1) is 11.8 Å². The Labute approximate surface area is 271 Å². The Kier molecular flexibility index (Phi) is 16.4. The third-order valence-corrected chi connectivity index (χ3v) is 7.56. The van der Waals surface area contributed by atoms with Gasteiger partial charge in [-0.1, -0.05) is 80.9 Å². The number of nitrogens with two attached hydrogens (primary N) is 1. The molecular weight excluding hydrogens is 592 g/mol. The number of aliphatic hydroxyl groups is 1. The Hall–Kier alpha value is -4.29. The number of ether oxygens (including phenoxy) is 2. The number of hydrogen-bond donors (Lipinski definition) is 4. The molecule has 0 aliphatic rings. The predicted octanol–water partition coefficient (Wildman–Crippen LogP) is 2.71. The van der Waals surface area contributed by atoms with Crippen molar-refractivity contribution < 1.29 is 38.6 Å². The number of rotatable bonds is 18. The van der Waals surface area contributed by atoms with E-state index in [9.17, 15) is 29.1 Å². The topological polar surface area (TPSA) is 177 Å². The molecule has 3 unspecified atom stereocenters. The monoisotopic (exact) mass is 640 g/mol. The summed E-state index contributed by atoms with van der Waals surface area (Å²) < 4.78 is 10.1. The molecule has 5 N–H and O–H groups in total. The van der Waals surface area contributed by atoms with Crippen LogP contribution < -0.4 is 16.4 Å². The highest BCUT2D eigenvalue weighted by atomic mass is 16.5. The molecular formula is C34H48N4O8. The molecule has 46 heavy (non-hydrogen) atoms. The summed E-state index contributed by atoms with van der Waals surface area (Å²) in [6, 6.07) is 15.3. The van der Waals surface area contributed by atoms with Crippen molar-refractivity contribution in [2.75, 3.05) is 20.3 Å². The van der Waals surface area contributed by atoms with Crippen LogP contribution in [0.25, 0.3) is 0 Å². The van der Waals surface area contributed by atoms with Gasteiger partial charge in [0.15, 0.2) is 0 Å². The molecule has 2 aromatic rings. The second kappa shape index (κ2) is 20.0. The van der Waals surface area contributed by atoms with Gasteiger partial charge >= 0.3 is 12.1 Å². The SMILES string of the molecule is COC(=O)C(C(C)C)N(C(=O)CCCCCc1ccccc1)C(=O)C(N)C(CO)CNC(=O)[C@H](C)NC(=O)OCc1ccccc1. The normalized spacial score (nSPS) is 13.5. The van der Waals surface area contributed by atoms with Crippen LogP contribution in [0.1, 0.15) is 57.6 Å². The average Bonchev–Trinajstić information content (AvgIpc) is 3.06. The largest absolute Gasteiger partial charge is 0.467 e. The molecule has 252 valence electrons. The summed E-state index contributed by atoms with van der Waals surface area (Å²) in [6.45, 7) is 4.01. The number of nitrogens with one attached hydrogen (secondary N) is 2. The molecule has 2 aromatic carbocycles. The maximum absolute atomic E-state index is 13.7. The summed E-state index contributed by atoms with van der Waals surface area (Å²) in [4.78, 5) is 65.6. The number of amides is 4. The van der Waals surface area contributed by atoms with E-state index in [2.05, 4.69) is 10.6 Å². The highest BCUT2D eigenvalue weighted by Gasteiger charge is 2.41. The van der Waals surface area contributed by atoms with Crippen molar-refractivity contribution >= 4 is 29.8 Å². The molecule has 0 saturated heterocycles. The van der Waals surface area contributed by atoms with E-state index in [1.807, 2.05) is 48.5 Å². The third-order valence-electron chi connectivity index (χ3n) is 7.56. The number of carbonyl (C=O) groups excluding carboxylic acids is 5. The first kappa shape index (κ1) is 37.9. The van der Waals surface area contributed by atoms with Crippen LogP contribution in [0.3, 0.4) is 0 Å². The summed E-state index contributed by atoms with van der Waals surface area (Å²) in [5.74, 6) is -4.28. The van der Waals surface area contributed by atoms with Crippen LogP contribution in [-0.2, 0) is 41.7 Å². The molecule has 0 heterocycles. The Morgan fingerprint density at radius 3 is 2.07 bits per heavy atom. The maximum Gasteiger partial charge on any atom is 0.408 e. The van der Waals surface area contributed by atoms with E-state index < -0.39 is 66.4 Å². The molecule has 12 heteroatoms. The van der Waals surface area contributed by atoms with Crippen LogP contribution in [0.15, 0.2) is 60.7 Å². The summed E-state index contributed by atoms with van der Waals surface area (Å²) in [5.41, 5.74) is 8.24. The van der Waals surface area contributed by atoms with Gasteiger partial charge in [0.05, 0.1) is 13.2 Å². The number of aryl methyl sites for hydroxylation is 1. The van der Waals surface area contributed by atoms with E-state index in [1.165, 1.54) is 19.6 Å². The fourth-order valence-corrected chi connectivity index (χ4v) is 4.82. The number of unbranched alkanes of at least 4 members (excludes halogenated alkanes) is 2. The molecule has 0 aliphatic carbocycles. The van der Waals surface area contributed by atoms with Crippen molar-refractivity contribution in [2.45, 2.75) is 77.6 Å². The molecule has 0 spiro atoms. The lowest BCUT2D eigenvalue weighted by atomic mass is 9.95. The molecule has 12 nitrogen and oxygen atoms in total. The first-order chi connectivity index (χ1) is 22.0. The van der Waals surface area contributed by atoms with E-state index in [0.717, 1.165) is 29.7 Å². The third kappa shape index (κ3) is 12.2. The molecule has 2 rings (SSSR count). The quantitative estimate of drug-likeness (QED) is 0.141. The summed E-state index contributed by atoms with van der Waals surface area (Å²) in [6.07, 6.45) is 2.14. The number of carbonyl (C=O) groups is 5. The number of hydrogen-bond acceptors (Lipinski definition) is 9. The molecule has 4 atom stereocenters. The van der Waals surface area contributed by atoms with E-state index in [4.69, 9.17) is 15.2 Å². The molecule has 0 aromatic heterocycles. The van der Waals surface area contributed by atoms with Gasteiger partial charge in [-0.05, 0) is 43.2 Å². The van der Waals surface area contributed by atoms with Crippen LogP contribution in [-0.4, -0.2) is 78.2 Å². The molecule has 0 aliphatic heterocycles. The van der Waals surface area contributed by atoms with Gasteiger partial charge in [-0.2, -0.15) is 0 Å². The molecule has 0 bridgehead atoms. The maximum atomic E-state index is 13.7. The first-order valence-corrected chi connectivity index (χ1v) is 15.6. The fourth-order valence-electron chi connectivity index (χ4n) is 4.82. The minimum absolute atomic E-state index is 0.0115. The lowest BCUT2D eigenvalue weighted by Gasteiger charge is -2.34. The number of nitrogens with zero attached hydrogens (tertiary/aromatic N) is 1. The van der Waals surface area contributed by atoms with Crippen molar-refractivity contribution in [3.8, 4) is 0 Å². The number of esters is 1. The zero-order valence-electron chi connectivity index (χ0n) is 27.1. The standard InChI is InChI=1S/C34H48N4O8/c1-23(2)30(33(43)45-4)38(28(40)19-13-7-10-16-25-14-8-5-9-15-25)32(42)29(35)27(21-39)20-36-31(41)24(3)37-34(44)46-22-26-17-11-6-12-18-26/h5-6,8-9,11-12,14-15,17-18,23-24,27,29-30,39H,7,10,13,16,19-22,35H2,1-4H3,(H,36,41)(H,37,44)/t24-,27?,29?,30?/m0/s1. The Bertz CT molecular complexity index is 1260. The lowest BCUT2D eigenvalue weighted by molar-refractivity contribution is -0.163. The van der Waals surface area contributed by atoms with E-state index in [-0.39, 0.29) is 19.6 Å².